The van der Waals surface area contributed by atoms with Crippen LogP contribution in [0.1, 0.15) is 37.9 Å². The molecule has 22 heavy (non-hydrogen) atoms. The standard InChI is InChI=1S/C16H22N2O4/c1-2-15(20)17-12-7-5-11(6-8-12)14(19)10-18-9-3-4-13(18)16(21)22/h5-8,13-14,19H,2-4,9-10H2,1H3,(H,17,20)(H,21,22). The Hall–Kier alpha value is -1.92. The minimum Gasteiger partial charge on any atom is -0.480 e. The number of benzene rings is 1. The number of aliphatic hydroxyl groups excluding tert-OH is 1. The fraction of sp³-hybridized carbons (Fsp3) is 0.500. The number of β-amino-alcohol motifs (C(OH)–C–C–N with tert-alkyl or cyclic N) is 1. The number of aliphatic carboxylic acids is 1. The molecule has 2 rings (SSSR count). The molecule has 1 fully saturated rings. The number of carboxylic acid groups (broad SMARTS) is 1. The first-order valence-corrected chi connectivity index (χ1v) is 7.56. The SMILES string of the molecule is CCC(=O)Nc1ccc(C(O)CN2CCCC2C(=O)O)cc1. The van der Waals surface area contributed by atoms with E-state index < -0.39 is 18.1 Å². The quantitative estimate of drug-likeness (QED) is 0.743. The molecule has 0 bridgehead atoms. The van der Waals surface area contributed by atoms with Crippen LogP contribution in [0.2, 0.25) is 0 Å². The summed E-state index contributed by atoms with van der Waals surface area (Å²) >= 11 is 0. The lowest BCUT2D eigenvalue weighted by atomic mass is 10.1. The molecule has 120 valence electrons. The van der Waals surface area contributed by atoms with Gasteiger partial charge < -0.3 is 15.5 Å². The number of nitrogens with zero attached hydrogens (tertiary/aromatic N) is 1. The highest BCUT2D eigenvalue weighted by atomic mass is 16.4. The minimum absolute atomic E-state index is 0.0605. The van der Waals surface area contributed by atoms with Crippen molar-refractivity contribution in [3.05, 3.63) is 29.8 Å². The average molecular weight is 306 g/mol. The van der Waals surface area contributed by atoms with Crippen LogP contribution in [0.15, 0.2) is 24.3 Å². The first kappa shape index (κ1) is 16.5. The van der Waals surface area contributed by atoms with Crippen molar-refractivity contribution < 1.29 is 19.8 Å². The predicted molar refractivity (Wildman–Crippen MR) is 82.6 cm³/mol. The Kier molecular flexibility index (Phi) is 5.51. The summed E-state index contributed by atoms with van der Waals surface area (Å²) in [6.45, 7) is 2.78. The van der Waals surface area contributed by atoms with Gasteiger partial charge in [-0.15, -0.1) is 0 Å². The van der Waals surface area contributed by atoms with E-state index in [0.29, 0.717) is 37.2 Å². The molecule has 0 saturated carbocycles. The topological polar surface area (TPSA) is 89.9 Å². The Morgan fingerprint density at radius 1 is 1.36 bits per heavy atom. The number of carbonyl (C=O) groups excluding carboxylic acids is 1. The first-order valence-electron chi connectivity index (χ1n) is 7.56. The predicted octanol–water partition coefficient (Wildman–Crippen LogP) is 1.62. The third-order valence-corrected chi connectivity index (χ3v) is 3.96. The number of hydrogen-bond acceptors (Lipinski definition) is 4. The van der Waals surface area contributed by atoms with Gasteiger partial charge in [0.25, 0.3) is 0 Å². The lowest BCUT2D eigenvalue weighted by molar-refractivity contribution is -0.142. The van der Waals surface area contributed by atoms with Gasteiger partial charge in [0.15, 0.2) is 0 Å². The van der Waals surface area contributed by atoms with Crippen LogP contribution in [0.4, 0.5) is 5.69 Å². The third kappa shape index (κ3) is 4.05. The molecule has 3 N–H and O–H groups in total. The van der Waals surface area contributed by atoms with E-state index in [0.717, 1.165) is 6.42 Å². The van der Waals surface area contributed by atoms with Crippen molar-refractivity contribution in [1.82, 2.24) is 4.90 Å². The molecule has 1 aliphatic heterocycles. The Balaban J connectivity index is 1.96. The zero-order chi connectivity index (χ0) is 16.1. The number of aliphatic hydroxyl groups is 1. The van der Waals surface area contributed by atoms with E-state index in [-0.39, 0.29) is 5.91 Å². The summed E-state index contributed by atoms with van der Waals surface area (Å²) < 4.78 is 0. The van der Waals surface area contributed by atoms with Crippen LogP contribution in [0.25, 0.3) is 0 Å². The Morgan fingerprint density at radius 3 is 2.64 bits per heavy atom. The second kappa shape index (κ2) is 7.38. The van der Waals surface area contributed by atoms with Crippen LogP contribution in [-0.2, 0) is 9.59 Å². The maximum Gasteiger partial charge on any atom is 0.320 e. The van der Waals surface area contributed by atoms with Gasteiger partial charge in [-0.05, 0) is 37.1 Å². The number of anilines is 1. The van der Waals surface area contributed by atoms with E-state index >= 15 is 0 Å². The van der Waals surface area contributed by atoms with Gasteiger partial charge in [0.05, 0.1) is 6.10 Å². The molecule has 0 radical (unpaired) electrons. The lowest BCUT2D eigenvalue weighted by Gasteiger charge is -2.24. The zero-order valence-electron chi connectivity index (χ0n) is 12.7. The molecule has 1 aromatic carbocycles. The van der Waals surface area contributed by atoms with Crippen molar-refractivity contribution in [2.24, 2.45) is 0 Å². The molecule has 1 saturated heterocycles. The Morgan fingerprint density at radius 2 is 2.05 bits per heavy atom. The van der Waals surface area contributed by atoms with Crippen LogP contribution in [0.5, 0.6) is 0 Å². The zero-order valence-corrected chi connectivity index (χ0v) is 12.7. The molecule has 1 amide bonds. The van der Waals surface area contributed by atoms with Crippen molar-refractivity contribution >= 4 is 17.6 Å². The van der Waals surface area contributed by atoms with Crippen LogP contribution in [0.3, 0.4) is 0 Å². The monoisotopic (exact) mass is 306 g/mol. The molecule has 0 aromatic heterocycles. The number of hydrogen-bond donors (Lipinski definition) is 3. The summed E-state index contributed by atoms with van der Waals surface area (Å²) in [5.41, 5.74) is 1.40. The lowest BCUT2D eigenvalue weighted by Crippen LogP contribution is -2.38. The largest absolute Gasteiger partial charge is 0.480 e. The van der Waals surface area contributed by atoms with Crippen molar-refractivity contribution in [3.8, 4) is 0 Å². The van der Waals surface area contributed by atoms with E-state index in [2.05, 4.69) is 5.32 Å². The summed E-state index contributed by atoms with van der Waals surface area (Å²) in [5, 5.41) is 22.2. The van der Waals surface area contributed by atoms with E-state index in [4.69, 9.17) is 5.11 Å². The number of amides is 1. The molecule has 2 atom stereocenters. The fourth-order valence-electron chi connectivity index (χ4n) is 2.69. The summed E-state index contributed by atoms with van der Waals surface area (Å²) in [4.78, 5) is 24.3. The summed E-state index contributed by atoms with van der Waals surface area (Å²) in [6, 6.07) is 6.48. The fourth-order valence-corrected chi connectivity index (χ4v) is 2.69. The highest BCUT2D eigenvalue weighted by Gasteiger charge is 2.31. The highest BCUT2D eigenvalue weighted by Crippen LogP contribution is 2.23. The maximum absolute atomic E-state index is 11.3. The van der Waals surface area contributed by atoms with Crippen molar-refractivity contribution in [1.29, 1.82) is 0 Å². The molecule has 0 aliphatic carbocycles. The van der Waals surface area contributed by atoms with E-state index in [9.17, 15) is 14.7 Å². The molecular formula is C16H22N2O4. The van der Waals surface area contributed by atoms with Crippen molar-refractivity contribution in [3.63, 3.8) is 0 Å². The van der Waals surface area contributed by atoms with Crippen LogP contribution >= 0.6 is 0 Å². The first-order chi connectivity index (χ1) is 10.5. The number of carboxylic acids is 1. The summed E-state index contributed by atoms with van der Waals surface area (Å²) in [7, 11) is 0. The smallest absolute Gasteiger partial charge is 0.320 e. The van der Waals surface area contributed by atoms with Gasteiger partial charge in [0, 0.05) is 18.7 Å². The van der Waals surface area contributed by atoms with Gasteiger partial charge in [-0.25, -0.2) is 0 Å². The molecular weight excluding hydrogens is 284 g/mol. The molecule has 0 spiro atoms. The highest BCUT2D eigenvalue weighted by molar-refractivity contribution is 5.90. The maximum atomic E-state index is 11.3. The number of carbonyl (C=O) groups is 2. The van der Waals surface area contributed by atoms with Gasteiger partial charge in [0.2, 0.25) is 5.91 Å². The van der Waals surface area contributed by atoms with Crippen molar-refractivity contribution in [2.45, 2.75) is 38.3 Å². The van der Waals surface area contributed by atoms with Gasteiger partial charge in [-0.3, -0.25) is 14.5 Å². The second-order valence-electron chi connectivity index (χ2n) is 5.53. The van der Waals surface area contributed by atoms with E-state index in [1.807, 2.05) is 0 Å². The third-order valence-electron chi connectivity index (χ3n) is 3.96. The molecule has 2 unspecified atom stereocenters. The summed E-state index contributed by atoms with van der Waals surface area (Å²) in [6.07, 6.45) is 1.14. The van der Waals surface area contributed by atoms with Gasteiger partial charge >= 0.3 is 5.97 Å². The normalized spacial score (nSPS) is 19.8. The van der Waals surface area contributed by atoms with Crippen LogP contribution < -0.4 is 5.32 Å². The van der Waals surface area contributed by atoms with E-state index in [1.165, 1.54) is 0 Å². The summed E-state index contributed by atoms with van der Waals surface area (Å²) in [5.74, 6) is -0.892. The van der Waals surface area contributed by atoms with Crippen molar-refractivity contribution in [2.75, 3.05) is 18.4 Å². The molecule has 1 aliphatic rings. The number of likely N-dealkylation sites (tertiary alicyclic amines) is 1. The van der Waals surface area contributed by atoms with Gasteiger partial charge in [-0.2, -0.15) is 0 Å². The second-order valence-corrected chi connectivity index (χ2v) is 5.53. The van der Waals surface area contributed by atoms with Gasteiger partial charge in [0.1, 0.15) is 6.04 Å². The number of rotatable bonds is 6. The molecule has 1 heterocycles. The minimum atomic E-state index is -0.831. The van der Waals surface area contributed by atoms with Crippen LogP contribution in [0, 0.1) is 0 Å². The van der Waals surface area contributed by atoms with Crippen LogP contribution in [-0.4, -0.2) is 46.1 Å². The molecule has 6 heteroatoms. The van der Waals surface area contributed by atoms with E-state index in [1.54, 1.807) is 36.1 Å². The molecule has 1 aromatic rings. The van der Waals surface area contributed by atoms with Gasteiger partial charge in [-0.1, -0.05) is 19.1 Å². The number of nitrogens with one attached hydrogen (secondary N) is 1. The Labute approximate surface area is 129 Å². The average Bonchev–Trinajstić information content (AvgIpc) is 2.96. The Bertz CT molecular complexity index is 529. The molecule has 6 nitrogen and oxygen atoms in total.